The van der Waals surface area contributed by atoms with Crippen LogP contribution in [-0.4, -0.2) is 6.03 Å². The smallest absolute Gasteiger partial charge is 0.348 e. The average molecular weight is 218 g/mol. The zero-order chi connectivity index (χ0) is 9.84. The first kappa shape index (κ1) is 9.95. The number of nitrogens with zero attached hydrogens (tertiary/aromatic N) is 2. The summed E-state index contributed by atoms with van der Waals surface area (Å²) in [6.07, 6.45) is 0. The Kier molecular flexibility index (Phi) is 3.22. The third kappa shape index (κ3) is 3.01. The van der Waals surface area contributed by atoms with Gasteiger partial charge in [-0.25, -0.2) is 4.79 Å². The van der Waals surface area contributed by atoms with Gasteiger partial charge in [0.2, 0.25) is 0 Å². The summed E-state index contributed by atoms with van der Waals surface area (Å²) in [5.41, 5.74) is 5.17. The maximum atomic E-state index is 10.2. The first-order valence-corrected chi connectivity index (χ1v) is 4.01. The molecule has 6 heteroatoms. The molecule has 0 heterocycles. The number of hydrogen-bond acceptors (Lipinski definition) is 2. The molecule has 0 aliphatic rings. The Hall–Kier alpha value is -1.13. The number of hydrogen-bond donors (Lipinski definition) is 1. The van der Waals surface area contributed by atoms with E-state index in [9.17, 15) is 4.79 Å². The summed E-state index contributed by atoms with van der Waals surface area (Å²) in [4.78, 5) is 10.2. The van der Waals surface area contributed by atoms with Gasteiger partial charge >= 0.3 is 6.03 Å². The molecule has 0 unspecified atom stereocenters. The van der Waals surface area contributed by atoms with Crippen molar-refractivity contribution in [1.29, 1.82) is 0 Å². The molecule has 4 nitrogen and oxygen atoms in total. The molecule has 0 aromatic heterocycles. The van der Waals surface area contributed by atoms with Gasteiger partial charge in [0.05, 0.1) is 15.7 Å². The number of nitrogens with two attached hydrogens (primary N) is 1. The van der Waals surface area contributed by atoms with Crippen molar-refractivity contribution >= 4 is 34.9 Å². The van der Waals surface area contributed by atoms with Gasteiger partial charge in [0.15, 0.2) is 0 Å². The van der Waals surface area contributed by atoms with E-state index < -0.39 is 6.03 Å². The lowest BCUT2D eigenvalue weighted by molar-refractivity contribution is 0.255. The van der Waals surface area contributed by atoms with E-state index in [2.05, 4.69) is 10.2 Å². The van der Waals surface area contributed by atoms with E-state index in [1.807, 2.05) is 0 Å². The minimum atomic E-state index is -0.855. The highest BCUT2D eigenvalue weighted by Crippen LogP contribution is 2.26. The van der Waals surface area contributed by atoms with Crippen molar-refractivity contribution in [3.8, 4) is 0 Å². The maximum Gasteiger partial charge on any atom is 0.356 e. The summed E-state index contributed by atoms with van der Waals surface area (Å²) in [7, 11) is 0. The topological polar surface area (TPSA) is 67.8 Å². The molecule has 68 valence electrons. The van der Waals surface area contributed by atoms with Gasteiger partial charge in [0, 0.05) is 0 Å². The molecule has 0 bridgehead atoms. The zero-order valence-electron chi connectivity index (χ0n) is 6.37. The Morgan fingerprint density at radius 3 is 2.54 bits per heavy atom. The third-order valence-corrected chi connectivity index (χ3v) is 1.91. The fraction of sp³-hybridized carbons (Fsp3) is 0. The van der Waals surface area contributed by atoms with Crippen LogP contribution in [0.15, 0.2) is 28.4 Å². The van der Waals surface area contributed by atoms with Crippen molar-refractivity contribution in [2.24, 2.45) is 16.0 Å². The predicted octanol–water partition coefficient (Wildman–Crippen LogP) is 3.16. The molecule has 13 heavy (non-hydrogen) atoms. The number of amides is 2. The number of benzene rings is 1. The number of carbonyl (C=O) groups excluding carboxylic acids is 1. The lowest BCUT2D eigenvalue weighted by Gasteiger charge is -1.94. The molecule has 1 aromatic carbocycles. The van der Waals surface area contributed by atoms with Gasteiger partial charge in [0.1, 0.15) is 0 Å². The van der Waals surface area contributed by atoms with E-state index in [1.165, 1.54) is 6.07 Å². The fourth-order valence-electron chi connectivity index (χ4n) is 0.654. The van der Waals surface area contributed by atoms with Crippen LogP contribution < -0.4 is 5.73 Å². The average Bonchev–Trinajstić information content (AvgIpc) is 2.07. The fourth-order valence-corrected chi connectivity index (χ4v) is 0.947. The minimum Gasteiger partial charge on any atom is -0.348 e. The summed E-state index contributed by atoms with van der Waals surface area (Å²) in [6, 6.07) is 3.75. The number of primary amides is 1. The van der Waals surface area contributed by atoms with Gasteiger partial charge < -0.3 is 5.73 Å². The SMILES string of the molecule is NC(=O)N=Nc1ccc(Cl)c(Cl)c1. The van der Waals surface area contributed by atoms with Crippen molar-refractivity contribution in [3.05, 3.63) is 28.2 Å². The van der Waals surface area contributed by atoms with E-state index in [1.54, 1.807) is 12.1 Å². The number of azo groups is 1. The van der Waals surface area contributed by atoms with Crippen LogP contribution in [0.4, 0.5) is 10.5 Å². The second-order valence-corrected chi connectivity index (χ2v) is 2.95. The van der Waals surface area contributed by atoms with Gasteiger partial charge in [0.25, 0.3) is 0 Å². The highest BCUT2D eigenvalue weighted by atomic mass is 35.5. The van der Waals surface area contributed by atoms with Crippen LogP contribution >= 0.6 is 23.2 Å². The lowest BCUT2D eigenvalue weighted by atomic mass is 10.3. The summed E-state index contributed by atoms with van der Waals surface area (Å²) in [6.45, 7) is 0. The molecule has 0 saturated carbocycles. The summed E-state index contributed by atoms with van der Waals surface area (Å²) < 4.78 is 0. The van der Waals surface area contributed by atoms with Crippen molar-refractivity contribution < 1.29 is 4.79 Å². The number of rotatable bonds is 1. The zero-order valence-corrected chi connectivity index (χ0v) is 7.88. The number of halogens is 2. The standard InChI is InChI=1S/C7H5Cl2N3O/c8-5-2-1-4(3-6(5)9)11-12-7(10)13/h1-3H,(H2,10,13). The van der Waals surface area contributed by atoms with Gasteiger partial charge in [-0.15, -0.1) is 5.11 Å². The third-order valence-electron chi connectivity index (χ3n) is 1.17. The molecule has 0 atom stereocenters. The predicted molar refractivity (Wildman–Crippen MR) is 50.6 cm³/mol. The summed E-state index contributed by atoms with van der Waals surface area (Å²) in [5, 5.41) is 7.41. The highest BCUT2D eigenvalue weighted by Gasteiger charge is 1.98. The van der Waals surface area contributed by atoms with Crippen molar-refractivity contribution in [2.75, 3.05) is 0 Å². The second kappa shape index (κ2) is 4.20. The highest BCUT2D eigenvalue weighted by molar-refractivity contribution is 6.42. The molecule has 2 N–H and O–H groups in total. The monoisotopic (exact) mass is 217 g/mol. The van der Waals surface area contributed by atoms with Crippen LogP contribution in [-0.2, 0) is 0 Å². The van der Waals surface area contributed by atoms with Crippen LogP contribution in [0.1, 0.15) is 0 Å². The molecule has 2 amide bonds. The Morgan fingerprint density at radius 1 is 1.31 bits per heavy atom. The van der Waals surface area contributed by atoms with Crippen LogP contribution in [0.25, 0.3) is 0 Å². The van der Waals surface area contributed by atoms with Crippen molar-refractivity contribution in [2.45, 2.75) is 0 Å². The normalized spacial score (nSPS) is 10.6. The van der Waals surface area contributed by atoms with Gasteiger partial charge in [-0.1, -0.05) is 28.3 Å². The Labute approximate surface area is 84.4 Å². The molecular weight excluding hydrogens is 213 g/mol. The van der Waals surface area contributed by atoms with Crippen molar-refractivity contribution in [1.82, 2.24) is 0 Å². The summed E-state index contributed by atoms with van der Waals surface area (Å²) >= 11 is 11.3. The maximum absolute atomic E-state index is 10.2. The summed E-state index contributed by atoms with van der Waals surface area (Å²) in [5.74, 6) is 0. The van der Waals surface area contributed by atoms with Crippen LogP contribution in [0.3, 0.4) is 0 Å². The molecule has 0 radical (unpaired) electrons. The molecule has 0 spiro atoms. The Bertz CT molecular complexity index is 365. The van der Waals surface area contributed by atoms with Crippen LogP contribution in [0, 0.1) is 0 Å². The molecule has 0 aliphatic carbocycles. The number of carbonyl (C=O) groups is 1. The second-order valence-electron chi connectivity index (χ2n) is 2.14. The largest absolute Gasteiger partial charge is 0.356 e. The van der Waals surface area contributed by atoms with Gasteiger partial charge in [-0.3, -0.25) is 0 Å². The first-order chi connectivity index (χ1) is 6.09. The minimum absolute atomic E-state index is 0.350. The molecule has 1 aromatic rings. The quantitative estimate of drug-likeness (QED) is 0.722. The number of urea groups is 1. The van der Waals surface area contributed by atoms with E-state index in [-0.39, 0.29) is 0 Å². The van der Waals surface area contributed by atoms with Gasteiger partial charge in [-0.05, 0) is 18.2 Å². The molecule has 0 saturated heterocycles. The van der Waals surface area contributed by atoms with E-state index >= 15 is 0 Å². The lowest BCUT2D eigenvalue weighted by Crippen LogP contribution is -2.01. The molecule has 0 aliphatic heterocycles. The van der Waals surface area contributed by atoms with E-state index in [0.29, 0.717) is 15.7 Å². The van der Waals surface area contributed by atoms with Gasteiger partial charge in [-0.2, -0.15) is 0 Å². The van der Waals surface area contributed by atoms with E-state index in [0.717, 1.165) is 0 Å². The molecule has 1 rings (SSSR count). The molecule has 0 fully saturated rings. The Balaban J connectivity index is 2.92. The van der Waals surface area contributed by atoms with Crippen LogP contribution in [0.2, 0.25) is 10.0 Å². The van der Waals surface area contributed by atoms with Crippen LogP contribution in [0.5, 0.6) is 0 Å². The molecular formula is C7H5Cl2N3O. The Morgan fingerprint density at radius 2 is 2.00 bits per heavy atom. The van der Waals surface area contributed by atoms with E-state index in [4.69, 9.17) is 28.9 Å². The first-order valence-electron chi connectivity index (χ1n) is 3.26. The van der Waals surface area contributed by atoms with Crippen molar-refractivity contribution in [3.63, 3.8) is 0 Å².